The van der Waals surface area contributed by atoms with Crippen molar-refractivity contribution in [3.8, 4) is 0 Å². The van der Waals surface area contributed by atoms with Crippen LogP contribution in [-0.4, -0.2) is 13.2 Å². The first-order valence-electron chi connectivity index (χ1n) is 7.62. The van der Waals surface area contributed by atoms with E-state index in [4.69, 9.17) is 9.47 Å². The minimum absolute atomic E-state index is 0.219. The molecule has 1 aliphatic heterocycles. The van der Waals surface area contributed by atoms with Gasteiger partial charge in [0.2, 0.25) is 0 Å². The molecular formula is C20H20O2S2. The van der Waals surface area contributed by atoms with Crippen molar-refractivity contribution < 1.29 is 9.47 Å². The first kappa shape index (κ1) is 17.1. The molecule has 124 valence electrons. The minimum atomic E-state index is -0.219. The van der Waals surface area contributed by atoms with Crippen molar-refractivity contribution in [3.05, 3.63) is 93.4 Å². The summed E-state index contributed by atoms with van der Waals surface area (Å²) in [6.07, 6.45) is -0.437. The average Bonchev–Trinajstić information content (AvgIpc) is 3.27. The molecule has 0 spiro atoms. The molecule has 0 bridgehead atoms. The van der Waals surface area contributed by atoms with Crippen LogP contribution in [0.5, 0.6) is 0 Å². The second-order valence-electron chi connectivity index (χ2n) is 5.67. The smallest absolute Gasteiger partial charge is 0.117 e. The van der Waals surface area contributed by atoms with Crippen LogP contribution in [-0.2, 0) is 9.47 Å². The average molecular weight is 357 g/mol. The highest BCUT2D eigenvalue weighted by Gasteiger charge is 2.26. The Morgan fingerprint density at radius 1 is 0.750 bits per heavy atom. The number of rotatable bonds is 2. The van der Waals surface area contributed by atoms with Gasteiger partial charge in [0.25, 0.3) is 0 Å². The normalized spacial score (nSPS) is 23.5. The van der Waals surface area contributed by atoms with Crippen molar-refractivity contribution in [2.45, 2.75) is 12.2 Å². The number of thiophene rings is 2. The summed E-state index contributed by atoms with van der Waals surface area (Å²) in [7, 11) is 0. The van der Waals surface area contributed by atoms with E-state index in [-0.39, 0.29) is 12.2 Å². The Balaban J connectivity index is 1.87. The van der Waals surface area contributed by atoms with Crippen LogP contribution in [0.3, 0.4) is 0 Å². The summed E-state index contributed by atoms with van der Waals surface area (Å²) < 4.78 is 12.3. The third-order valence-electron chi connectivity index (χ3n) is 3.99. The molecule has 2 aromatic heterocycles. The summed E-state index contributed by atoms with van der Waals surface area (Å²) in [4.78, 5) is 2.21. The number of hydrogen-bond acceptors (Lipinski definition) is 4. The van der Waals surface area contributed by atoms with Gasteiger partial charge >= 0.3 is 0 Å². The lowest BCUT2D eigenvalue weighted by molar-refractivity contribution is 0.0720. The zero-order valence-electron chi connectivity index (χ0n) is 13.5. The third-order valence-corrected chi connectivity index (χ3v) is 5.82. The zero-order valence-corrected chi connectivity index (χ0v) is 15.1. The fourth-order valence-electron chi connectivity index (χ4n) is 2.51. The first-order chi connectivity index (χ1) is 11.6. The van der Waals surface area contributed by atoms with Gasteiger partial charge in [-0.05, 0) is 45.2 Å². The Bertz CT molecular complexity index is 687. The van der Waals surface area contributed by atoms with Gasteiger partial charge in [-0.3, -0.25) is 0 Å². The molecular weight excluding hydrogens is 336 g/mol. The van der Waals surface area contributed by atoms with Crippen LogP contribution in [0.25, 0.3) is 0 Å². The largest absolute Gasteiger partial charge is 0.363 e. The minimum Gasteiger partial charge on any atom is -0.363 e. The summed E-state index contributed by atoms with van der Waals surface area (Å²) in [6.45, 7) is 17.4. The molecule has 24 heavy (non-hydrogen) atoms. The SMILES string of the molecule is C=C1CO[C@H](c2cccs2)C(=C)C(=C)CO[C@@H](c2cccs2)C1=C. The monoisotopic (exact) mass is 356 g/mol. The molecule has 0 amide bonds. The van der Waals surface area contributed by atoms with Gasteiger partial charge in [0.1, 0.15) is 12.2 Å². The van der Waals surface area contributed by atoms with Gasteiger partial charge in [0.05, 0.1) is 13.2 Å². The lowest BCUT2D eigenvalue weighted by Gasteiger charge is -2.27. The molecule has 1 saturated heterocycles. The van der Waals surface area contributed by atoms with E-state index in [1.54, 1.807) is 22.7 Å². The standard InChI is InChI=1S/C20H20O2S2/c1-13-11-21-20(18-8-6-10-24-18)16(4)14(2)12-22-19(15(13)3)17-7-5-9-23-17/h5-10,19-20H,1-4,11-12H2/t19-,20+. The van der Waals surface area contributed by atoms with Gasteiger partial charge < -0.3 is 9.47 Å². The van der Waals surface area contributed by atoms with Crippen LogP contribution in [0.15, 0.2) is 83.6 Å². The van der Waals surface area contributed by atoms with Gasteiger partial charge in [-0.25, -0.2) is 0 Å². The summed E-state index contributed by atoms with van der Waals surface area (Å²) in [5.74, 6) is 0. The molecule has 2 atom stereocenters. The van der Waals surface area contributed by atoms with Crippen molar-refractivity contribution in [2.75, 3.05) is 13.2 Å². The molecule has 1 aliphatic rings. The van der Waals surface area contributed by atoms with E-state index < -0.39 is 0 Å². The molecule has 2 nitrogen and oxygen atoms in total. The van der Waals surface area contributed by atoms with Crippen molar-refractivity contribution in [3.63, 3.8) is 0 Å². The van der Waals surface area contributed by atoms with Gasteiger partial charge in [0.15, 0.2) is 0 Å². The first-order valence-corrected chi connectivity index (χ1v) is 9.37. The molecule has 1 fully saturated rings. The van der Waals surface area contributed by atoms with Crippen molar-refractivity contribution in [1.29, 1.82) is 0 Å². The van der Waals surface area contributed by atoms with Gasteiger partial charge in [-0.2, -0.15) is 0 Å². The Labute approximate surface area is 151 Å². The maximum absolute atomic E-state index is 6.13. The van der Waals surface area contributed by atoms with Crippen molar-refractivity contribution in [2.24, 2.45) is 0 Å². The molecule has 0 N–H and O–H groups in total. The van der Waals surface area contributed by atoms with E-state index >= 15 is 0 Å². The lowest BCUT2D eigenvalue weighted by Crippen LogP contribution is -2.18. The van der Waals surface area contributed by atoms with Crippen LogP contribution in [0.1, 0.15) is 22.0 Å². The van der Waals surface area contributed by atoms with E-state index in [2.05, 4.69) is 26.3 Å². The predicted molar refractivity (Wildman–Crippen MR) is 103 cm³/mol. The van der Waals surface area contributed by atoms with Crippen LogP contribution >= 0.6 is 22.7 Å². The second kappa shape index (κ2) is 7.45. The second-order valence-corrected chi connectivity index (χ2v) is 7.63. The van der Waals surface area contributed by atoms with E-state index in [1.165, 1.54) is 0 Å². The Morgan fingerprint density at radius 3 is 1.50 bits per heavy atom. The number of ether oxygens (including phenoxy) is 2. The molecule has 2 aromatic rings. The molecule has 0 aromatic carbocycles. The molecule has 3 rings (SSSR count). The predicted octanol–water partition coefficient (Wildman–Crippen LogP) is 5.86. The topological polar surface area (TPSA) is 18.5 Å². The highest BCUT2D eigenvalue weighted by Crippen LogP contribution is 2.38. The van der Waals surface area contributed by atoms with E-state index in [1.807, 2.05) is 35.0 Å². The maximum atomic E-state index is 6.13. The Hall–Kier alpha value is -1.72. The van der Waals surface area contributed by atoms with Gasteiger partial charge in [-0.15, -0.1) is 22.7 Å². The van der Waals surface area contributed by atoms with Gasteiger partial charge in [0, 0.05) is 9.75 Å². The molecule has 3 heterocycles. The highest BCUT2D eigenvalue weighted by molar-refractivity contribution is 7.10. The van der Waals surface area contributed by atoms with Crippen molar-refractivity contribution in [1.82, 2.24) is 0 Å². The van der Waals surface area contributed by atoms with Gasteiger partial charge in [-0.1, -0.05) is 38.4 Å². The third kappa shape index (κ3) is 3.52. The van der Waals surface area contributed by atoms with Crippen LogP contribution in [0, 0.1) is 0 Å². The van der Waals surface area contributed by atoms with E-state index in [0.29, 0.717) is 13.2 Å². The number of hydrogen-bond donors (Lipinski definition) is 0. The van der Waals surface area contributed by atoms with Crippen LogP contribution in [0.2, 0.25) is 0 Å². The quantitative estimate of drug-likeness (QED) is 0.670. The van der Waals surface area contributed by atoms with Crippen LogP contribution < -0.4 is 0 Å². The fourth-order valence-corrected chi connectivity index (χ4v) is 4.12. The summed E-state index contributed by atoms with van der Waals surface area (Å²) in [6, 6.07) is 8.11. The lowest BCUT2D eigenvalue weighted by atomic mass is 9.99. The molecule has 0 radical (unpaired) electrons. The maximum Gasteiger partial charge on any atom is 0.117 e. The molecule has 0 aliphatic carbocycles. The molecule has 0 saturated carbocycles. The molecule has 0 unspecified atom stereocenters. The van der Waals surface area contributed by atoms with Crippen molar-refractivity contribution >= 4 is 22.7 Å². The summed E-state index contributed by atoms with van der Waals surface area (Å²) in [5.41, 5.74) is 3.39. The Morgan fingerprint density at radius 2 is 1.17 bits per heavy atom. The van der Waals surface area contributed by atoms with E-state index in [9.17, 15) is 0 Å². The Kier molecular flexibility index (Phi) is 5.31. The summed E-state index contributed by atoms with van der Waals surface area (Å²) >= 11 is 3.29. The zero-order chi connectivity index (χ0) is 17.1. The highest BCUT2D eigenvalue weighted by atomic mass is 32.1. The summed E-state index contributed by atoms with van der Waals surface area (Å²) in [5, 5.41) is 4.06. The van der Waals surface area contributed by atoms with Crippen LogP contribution in [0.4, 0.5) is 0 Å². The molecule has 4 heteroatoms. The van der Waals surface area contributed by atoms with E-state index in [0.717, 1.165) is 32.0 Å². The fraction of sp³-hybridized carbons (Fsp3) is 0.200.